The zero-order valence-corrected chi connectivity index (χ0v) is 15.5. The molecular formula is C18H21N5OS. The molecule has 0 aliphatic carbocycles. The SMILES string of the molecule is CCCn1c(C)cc(C(=O)CSc2nnnn2-c2ccccc2)c1C. The maximum atomic E-state index is 12.7. The third kappa shape index (κ3) is 3.66. The van der Waals surface area contributed by atoms with E-state index in [1.165, 1.54) is 11.8 Å². The summed E-state index contributed by atoms with van der Waals surface area (Å²) >= 11 is 1.36. The van der Waals surface area contributed by atoms with E-state index < -0.39 is 0 Å². The second-order valence-electron chi connectivity index (χ2n) is 5.86. The number of benzene rings is 1. The number of ketones is 1. The van der Waals surface area contributed by atoms with Gasteiger partial charge in [-0.3, -0.25) is 4.79 Å². The minimum absolute atomic E-state index is 0.100. The number of hydrogen-bond donors (Lipinski definition) is 0. The van der Waals surface area contributed by atoms with Gasteiger partial charge in [-0.25, -0.2) is 0 Å². The second kappa shape index (κ2) is 7.65. The standard InChI is InChI=1S/C18H21N5OS/c1-4-10-22-13(2)11-16(14(22)3)17(24)12-25-18-19-20-21-23(18)15-8-6-5-7-9-15/h5-9,11H,4,10,12H2,1-3H3. The van der Waals surface area contributed by atoms with E-state index in [1.54, 1.807) is 4.68 Å². The lowest BCUT2D eigenvalue weighted by Crippen LogP contribution is -2.07. The quantitative estimate of drug-likeness (QED) is 0.480. The van der Waals surface area contributed by atoms with Gasteiger partial charge in [-0.05, 0) is 48.9 Å². The first kappa shape index (κ1) is 17.4. The number of tetrazole rings is 1. The predicted octanol–water partition coefficient (Wildman–Crippen LogP) is 3.47. The van der Waals surface area contributed by atoms with Crippen LogP contribution in [0.25, 0.3) is 5.69 Å². The highest BCUT2D eigenvalue weighted by Crippen LogP contribution is 2.22. The molecule has 0 aliphatic heterocycles. The van der Waals surface area contributed by atoms with Gasteiger partial charge in [-0.1, -0.05) is 36.9 Å². The second-order valence-corrected chi connectivity index (χ2v) is 6.80. The van der Waals surface area contributed by atoms with Crippen LogP contribution in [0.1, 0.15) is 35.1 Å². The molecule has 0 saturated carbocycles. The van der Waals surface area contributed by atoms with Gasteiger partial charge in [0.15, 0.2) is 5.78 Å². The van der Waals surface area contributed by atoms with E-state index in [2.05, 4.69) is 27.0 Å². The Morgan fingerprint density at radius 2 is 1.96 bits per heavy atom. The molecule has 130 valence electrons. The van der Waals surface area contributed by atoms with Crippen molar-refractivity contribution >= 4 is 17.5 Å². The summed E-state index contributed by atoms with van der Waals surface area (Å²) in [6.45, 7) is 7.13. The van der Waals surface area contributed by atoms with Crippen molar-refractivity contribution in [2.75, 3.05) is 5.75 Å². The average Bonchev–Trinajstić information content (AvgIpc) is 3.20. The first-order valence-corrected chi connectivity index (χ1v) is 9.27. The third-order valence-electron chi connectivity index (χ3n) is 4.10. The van der Waals surface area contributed by atoms with Crippen LogP contribution in [0, 0.1) is 13.8 Å². The van der Waals surface area contributed by atoms with Crippen LogP contribution in [0.5, 0.6) is 0 Å². The van der Waals surface area contributed by atoms with Crippen molar-refractivity contribution in [1.29, 1.82) is 0 Å². The van der Waals surface area contributed by atoms with Crippen LogP contribution in [0.2, 0.25) is 0 Å². The highest BCUT2D eigenvalue weighted by molar-refractivity contribution is 7.99. The topological polar surface area (TPSA) is 65.6 Å². The van der Waals surface area contributed by atoms with Crippen LogP contribution in [0.15, 0.2) is 41.6 Å². The predicted molar refractivity (Wildman–Crippen MR) is 98.4 cm³/mol. The lowest BCUT2D eigenvalue weighted by Gasteiger charge is -2.07. The number of thioether (sulfide) groups is 1. The monoisotopic (exact) mass is 355 g/mol. The summed E-state index contributed by atoms with van der Waals surface area (Å²) in [6.07, 6.45) is 1.05. The Balaban J connectivity index is 1.74. The zero-order valence-electron chi connectivity index (χ0n) is 14.6. The van der Waals surface area contributed by atoms with Crippen molar-refractivity contribution < 1.29 is 4.79 Å². The number of nitrogens with zero attached hydrogens (tertiary/aromatic N) is 5. The van der Waals surface area contributed by atoms with Crippen molar-refractivity contribution in [3.8, 4) is 5.69 Å². The third-order valence-corrected chi connectivity index (χ3v) is 5.01. The van der Waals surface area contributed by atoms with Crippen molar-refractivity contribution in [2.24, 2.45) is 0 Å². The summed E-state index contributed by atoms with van der Waals surface area (Å²) in [7, 11) is 0. The van der Waals surface area contributed by atoms with Crippen LogP contribution in [-0.4, -0.2) is 36.3 Å². The molecule has 0 saturated heterocycles. The smallest absolute Gasteiger partial charge is 0.214 e. The molecule has 6 nitrogen and oxygen atoms in total. The van der Waals surface area contributed by atoms with Crippen LogP contribution >= 0.6 is 11.8 Å². The lowest BCUT2D eigenvalue weighted by atomic mass is 10.2. The van der Waals surface area contributed by atoms with Crippen molar-refractivity contribution in [3.63, 3.8) is 0 Å². The zero-order chi connectivity index (χ0) is 17.8. The summed E-state index contributed by atoms with van der Waals surface area (Å²) in [5.41, 5.74) is 3.83. The van der Waals surface area contributed by atoms with Crippen LogP contribution in [0.3, 0.4) is 0 Å². The van der Waals surface area contributed by atoms with E-state index in [0.29, 0.717) is 10.9 Å². The molecule has 0 bridgehead atoms. The Hall–Kier alpha value is -2.41. The van der Waals surface area contributed by atoms with Crippen LogP contribution < -0.4 is 0 Å². The fourth-order valence-corrected chi connectivity index (χ4v) is 3.63. The molecule has 3 rings (SSSR count). The maximum Gasteiger partial charge on any atom is 0.214 e. The highest BCUT2D eigenvalue weighted by atomic mass is 32.2. The number of carbonyl (C=O) groups excluding carboxylic acids is 1. The van der Waals surface area contributed by atoms with E-state index in [4.69, 9.17) is 0 Å². The van der Waals surface area contributed by atoms with E-state index in [-0.39, 0.29) is 5.78 Å². The molecule has 0 N–H and O–H groups in total. The van der Waals surface area contributed by atoms with Gasteiger partial charge >= 0.3 is 0 Å². The van der Waals surface area contributed by atoms with E-state index in [0.717, 1.165) is 35.6 Å². The molecule has 0 unspecified atom stereocenters. The molecule has 3 aromatic rings. The number of Topliss-reactive ketones (excluding diaryl/α,β-unsaturated/α-hetero) is 1. The minimum atomic E-state index is 0.100. The molecular weight excluding hydrogens is 334 g/mol. The number of rotatable bonds is 7. The van der Waals surface area contributed by atoms with E-state index >= 15 is 0 Å². The fraction of sp³-hybridized carbons (Fsp3) is 0.333. The molecule has 2 aromatic heterocycles. The van der Waals surface area contributed by atoms with Gasteiger partial charge < -0.3 is 4.57 Å². The summed E-state index contributed by atoms with van der Waals surface area (Å²) in [5.74, 6) is 0.409. The molecule has 0 radical (unpaired) electrons. The molecule has 0 amide bonds. The Morgan fingerprint density at radius 1 is 1.20 bits per heavy atom. The number of aryl methyl sites for hydroxylation is 1. The molecule has 2 heterocycles. The minimum Gasteiger partial charge on any atom is -0.348 e. The van der Waals surface area contributed by atoms with E-state index in [9.17, 15) is 4.79 Å². The fourth-order valence-electron chi connectivity index (χ4n) is 2.86. The molecule has 0 aliphatic rings. The van der Waals surface area contributed by atoms with E-state index in [1.807, 2.05) is 50.2 Å². The summed E-state index contributed by atoms with van der Waals surface area (Å²) < 4.78 is 3.85. The molecule has 25 heavy (non-hydrogen) atoms. The van der Waals surface area contributed by atoms with Crippen molar-refractivity contribution in [2.45, 2.75) is 38.9 Å². The molecule has 1 aromatic carbocycles. The average molecular weight is 355 g/mol. The molecule has 7 heteroatoms. The van der Waals surface area contributed by atoms with Crippen molar-refractivity contribution in [1.82, 2.24) is 24.8 Å². The van der Waals surface area contributed by atoms with Crippen molar-refractivity contribution in [3.05, 3.63) is 53.3 Å². The number of hydrogen-bond acceptors (Lipinski definition) is 5. The molecule has 0 atom stereocenters. The Kier molecular flexibility index (Phi) is 5.33. The molecule has 0 fully saturated rings. The summed E-state index contributed by atoms with van der Waals surface area (Å²) in [4.78, 5) is 12.7. The van der Waals surface area contributed by atoms with Gasteiger partial charge in [0.1, 0.15) is 0 Å². The Morgan fingerprint density at radius 3 is 2.68 bits per heavy atom. The van der Waals surface area contributed by atoms with Gasteiger partial charge in [0.05, 0.1) is 11.4 Å². The van der Waals surface area contributed by atoms with Crippen LogP contribution in [0.4, 0.5) is 0 Å². The van der Waals surface area contributed by atoms with Gasteiger partial charge in [0.2, 0.25) is 5.16 Å². The van der Waals surface area contributed by atoms with Gasteiger partial charge in [-0.15, -0.1) is 5.10 Å². The van der Waals surface area contributed by atoms with Gasteiger partial charge in [0.25, 0.3) is 0 Å². The number of aromatic nitrogens is 5. The van der Waals surface area contributed by atoms with Gasteiger partial charge in [-0.2, -0.15) is 4.68 Å². The summed E-state index contributed by atoms with van der Waals surface area (Å²) in [6, 6.07) is 11.6. The number of carbonyl (C=O) groups is 1. The summed E-state index contributed by atoms with van der Waals surface area (Å²) in [5, 5.41) is 12.4. The molecule has 0 spiro atoms. The maximum absolute atomic E-state index is 12.7. The normalized spacial score (nSPS) is 11.0. The largest absolute Gasteiger partial charge is 0.348 e. The first-order valence-electron chi connectivity index (χ1n) is 8.28. The highest BCUT2D eigenvalue weighted by Gasteiger charge is 2.17. The Labute approximate surface area is 151 Å². The first-order chi connectivity index (χ1) is 12.1. The Bertz CT molecular complexity index is 869. The lowest BCUT2D eigenvalue weighted by molar-refractivity contribution is 0.102. The van der Waals surface area contributed by atoms with Gasteiger partial charge in [0, 0.05) is 23.5 Å². The van der Waals surface area contributed by atoms with Crippen LogP contribution in [-0.2, 0) is 6.54 Å². The number of para-hydroxylation sites is 1.